The molecule has 1 unspecified atom stereocenters. The number of piperazine rings is 1. The molecule has 7 heteroatoms. The molecule has 1 saturated heterocycles. The van der Waals surface area contributed by atoms with Gasteiger partial charge >= 0.3 is 0 Å². The number of fused-ring (bicyclic) bond motifs is 1. The number of amides is 1. The van der Waals surface area contributed by atoms with E-state index >= 15 is 4.39 Å². The van der Waals surface area contributed by atoms with Crippen LogP contribution in [0.3, 0.4) is 0 Å². The Morgan fingerprint density at radius 1 is 1.09 bits per heavy atom. The van der Waals surface area contributed by atoms with Crippen LogP contribution in [0.15, 0.2) is 30.3 Å². The van der Waals surface area contributed by atoms with Crippen molar-refractivity contribution in [2.24, 2.45) is 11.3 Å². The normalized spacial score (nSPS) is 21.6. The van der Waals surface area contributed by atoms with Gasteiger partial charge < -0.3 is 14.8 Å². The van der Waals surface area contributed by atoms with Gasteiger partial charge in [0.1, 0.15) is 0 Å². The van der Waals surface area contributed by atoms with Gasteiger partial charge in [-0.1, -0.05) is 39.8 Å². The minimum Gasteiger partial charge on any atom is -0.337 e. The number of aryl methyl sites for hydroxylation is 2. The summed E-state index contributed by atoms with van der Waals surface area (Å²) in [5, 5.41) is 4.01. The molecule has 7 rings (SSSR count). The first-order valence-corrected chi connectivity index (χ1v) is 16.9. The quantitative estimate of drug-likeness (QED) is 0.324. The molecule has 1 atom stereocenters. The molecule has 2 aliphatic heterocycles. The summed E-state index contributed by atoms with van der Waals surface area (Å²) >= 11 is 0. The van der Waals surface area contributed by atoms with Crippen LogP contribution < -0.4 is 5.32 Å². The van der Waals surface area contributed by atoms with E-state index in [1.165, 1.54) is 25.7 Å². The van der Waals surface area contributed by atoms with Crippen molar-refractivity contribution in [3.63, 3.8) is 0 Å². The van der Waals surface area contributed by atoms with Crippen LogP contribution in [0.25, 0.3) is 27.6 Å². The zero-order valence-electron chi connectivity index (χ0n) is 27.2. The van der Waals surface area contributed by atoms with Crippen LogP contribution in [0, 0.1) is 24.1 Å². The number of aromatic nitrogens is 2. The molecular formula is C37H48FN5O. The lowest BCUT2D eigenvalue weighted by Crippen LogP contribution is -2.60. The third-order valence-electron chi connectivity index (χ3n) is 10.3. The van der Waals surface area contributed by atoms with Crippen LogP contribution in [0.4, 0.5) is 4.39 Å². The van der Waals surface area contributed by atoms with Crippen molar-refractivity contribution in [2.75, 3.05) is 32.7 Å². The molecule has 3 aromatic rings. The van der Waals surface area contributed by atoms with Crippen molar-refractivity contribution >= 4 is 22.4 Å². The van der Waals surface area contributed by atoms with E-state index in [1.807, 2.05) is 19.1 Å². The van der Waals surface area contributed by atoms with E-state index in [0.29, 0.717) is 41.7 Å². The highest BCUT2D eigenvalue weighted by Gasteiger charge is 2.42. The zero-order chi connectivity index (χ0) is 30.7. The maximum absolute atomic E-state index is 16.9. The van der Waals surface area contributed by atoms with Gasteiger partial charge in [0, 0.05) is 78.3 Å². The summed E-state index contributed by atoms with van der Waals surface area (Å²) < 4.78 is 19.2. The highest BCUT2D eigenvalue weighted by atomic mass is 19.1. The van der Waals surface area contributed by atoms with Crippen LogP contribution in [-0.2, 0) is 13.0 Å². The Morgan fingerprint density at radius 3 is 2.55 bits per heavy atom. The molecule has 2 saturated carbocycles. The molecule has 0 bridgehead atoms. The first-order chi connectivity index (χ1) is 21.1. The van der Waals surface area contributed by atoms with Crippen LogP contribution in [-0.4, -0.2) is 70.1 Å². The third-order valence-corrected chi connectivity index (χ3v) is 10.3. The number of carbonyl (C=O) groups excluding carboxylic acids is 1. The van der Waals surface area contributed by atoms with Crippen molar-refractivity contribution < 1.29 is 9.18 Å². The topological polar surface area (TPSA) is 53.4 Å². The predicted molar refractivity (Wildman–Crippen MR) is 176 cm³/mol. The van der Waals surface area contributed by atoms with E-state index in [2.05, 4.69) is 65.6 Å². The first kappa shape index (κ1) is 29.7. The van der Waals surface area contributed by atoms with Crippen LogP contribution in [0.1, 0.15) is 87.2 Å². The number of hydrogen-bond donors (Lipinski definition) is 1. The molecular weight excluding hydrogens is 549 g/mol. The Kier molecular flexibility index (Phi) is 7.69. The highest BCUT2D eigenvalue weighted by Crippen LogP contribution is 2.42. The Balaban J connectivity index is 1.42. The fraction of sp³-hybridized carbons (Fsp3) is 0.568. The van der Waals surface area contributed by atoms with Crippen molar-refractivity contribution in [1.29, 1.82) is 0 Å². The van der Waals surface area contributed by atoms with E-state index in [0.717, 1.165) is 72.6 Å². The Labute approximate surface area is 261 Å². The summed E-state index contributed by atoms with van der Waals surface area (Å²) in [5.74, 6) is 0.374. The average molecular weight is 598 g/mol. The van der Waals surface area contributed by atoms with Crippen molar-refractivity contribution in [1.82, 2.24) is 24.7 Å². The third kappa shape index (κ3) is 5.51. The van der Waals surface area contributed by atoms with Gasteiger partial charge in [0.05, 0.1) is 11.2 Å². The van der Waals surface area contributed by atoms with E-state index in [-0.39, 0.29) is 23.2 Å². The van der Waals surface area contributed by atoms with E-state index in [1.54, 1.807) is 0 Å². The SMILES string of the molecule is CCc1nc(C)ccc1-c1cc(C(=O)N2CCN(C3CC3)CC2C(C)(C)C)cc2c(F)c(C3=CCCNC3)n(CC3CC3)c12. The van der Waals surface area contributed by atoms with Crippen molar-refractivity contribution in [3.8, 4) is 11.1 Å². The molecule has 4 aliphatic rings. The van der Waals surface area contributed by atoms with Crippen LogP contribution >= 0.6 is 0 Å². The summed E-state index contributed by atoms with van der Waals surface area (Å²) in [6.07, 6.45) is 8.73. The second-order valence-corrected chi connectivity index (χ2v) is 14.7. The number of nitrogens with zero attached hydrogens (tertiary/aromatic N) is 4. The molecule has 234 valence electrons. The minimum atomic E-state index is -0.199. The van der Waals surface area contributed by atoms with Gasteiger partial charge in [-0.2, -0.15) is 0 Å². The molecule has 1 N–H and O–H groups in total. The second-order valence-electron chi connectivity index (χ2n) is 14.7. The zero-order valence-corrected chi connectivity index (χ0v) is 27.2. The summed E-state index contributed by atoms with van der Waals surface area (Å²) in [6, 6.07) is 8.85. The summed E-state index contributed by atoms with van der Waals surface area (Å²) in [4.78, 5) is 24.2. The average Bonchev–Trinajstić information content (AvgIpc) is 3.95. The number of halogens is 1. The van der Waals surface area contributed by atoms with Gasteiger partial charge in [0.15, 0.2) is 5.82 Å². The Morgan fingerprint density at radius 2 is 1.89 bits per heavy atom. The van der Waals surface area contributed by atoms with Crippen LogP contribution in [0.5, 0.6) is 0 Å². The van der Waals surface area contributed by atoms with Gasteiger partial charge in [-0.25, -0.2) is 4.39 Å². The molecule has 0 radical (unpaired) electrons. The second kappa shape index (κ2) is 11.4. The fourth-order valence-corrected chi connectivity index (χ4v) is 7.51. The van der Waals surface area contributed by atoms with Crippen molar-refractivity contribution in [3.05, 3.63) is 58.8 Å². The maximum atomic E-state index is 16.9. The number of carbonyl (C=O) groups is 1. The van der Waals surface area contributed by atoms with Gasteiger partial charge in [-0.3, -0.25) is 14.7 Å². The molecule has 4 heterocycles. The van der Waals surface area contributed by atoms with E-state index in [9.17, 15) is 4.79 Å². The lowest BCUT2D eigenvalue weighted by atomic mass is 9.83. The Bertz CT molecular complexity index is 1620. The lowest BCUT2D eigenvalue weighted by molar-refractivity contribution is 0.0131. The molecule has 1 aromatic carbocycles. The van der Waals surface area contributed by atoms with Crippen LogP contribution in [0.2, 0.25) is 0 Å². The first-order valence-electron chi connectivity index (χ1n) is 16.9. The summed E-state index contributed by atoms with van der Waals surface area (Å²) in [7, 11) is 0. The highest BCUT2D eigenvalue weighted by molar-refractivity contribution is 6.05. The number of pyridine rings is 1. The fourth-order valence-electron chi connectivity index (χ4n) is 7.51. The molecule has 3 fully saturated rings. The minimum absolute atomic E-state index is 0.0103. The molecule has 6 nitrogen and oxygen atoms in total. The maximum Gasteiger partial charge on any atom is 0.254 e. The summed E-state index contributed by atoms with van der Waals surface area (Å²) in [6.45, 7) is 15.7. The number of nitrogens with one attached hydrogen (secondary N) is 1. The van der Waals surface area contributed by atoms with Gasteiger partial charge in [-0.05, 0) is 87.1 Å². The lowest BCUT2D eigenvalue weighted by Gasteiger charge is -2.47. The smallest absolute Gasteiger partial charge is 0.254 e. The van der Waals surface area contributed by atoms with Gasteiger partial charge in [0.2, 0.25) is 0 Å². The van der Waals surface area contributed by atoms with Gasteiger partial charge in [0.25, 0.3) is 5.91 Å². The molecule has 2 aliphatic carbocycles. The van der Waals surface area contributed by atoms with Crippen molar-refractivity contribution in [2.45, 2.75) is 91.8 Å². The number of rotatable bonds is 7. The van der Waals surface area contributed by atoms with E-state index in [4.69, 9.17) is 4.98 Å². The molecule has 0 spiro atoms. The molecule has 1 amide bonds. The monoisotopic (exact) mass is 597 g/mol. The number of benzene rings is 1. The summed E-state index contributed by atoms with van der Waals surface area (Å²) in [5.41, 5.74) is 7.00. The Hall–Kier alpha value is -3.03. The number of hydrogen-bond acceptors (Lipinski definition) is 4. The standard InChI is InChI=1S/C37H48FN5O/c1-6-31-28(14-9-23(2)40-31)29-18-26(36(44)42-17-16-41(27-12-13-27)22-32(42)37(3,4)5)19-30-33(38)34(25-8-7-15-39-20-25)43(35(29)30)21-24-10-11-24/h8-9,14,18-19,24,27,32,39H,6-7,10-13,15-17,20-22H2,1-5H3. The van der Waals surface area contributed by atoms with Gasteiger partial charge in [-0.15, -0.1) is 0 Å². The molecule has 2 aromatic heterocycles. The molecule has 44 heavy (non-hydrogen) atoms. The van der Waals surface area contributed by atoms with E-state index < -0.39 is 0 Å². The predicted octanol–water partition coefficient (Wildman–Crippen LogP) is 6.83. The largest absolute Gasteiger partial charge is 0.337 e.